The Morgan fingerprint density at radius 1 is 1.31 bits per heavy atom. The number of ether oxygens (including phenoxy) is 1. The Morgan fingerprint density at radius 2 is 1.77 bits per heavy atom. The number of alkyl halides is 3. The summed E-state index contributed by atoms with van der Waals surface area (Å²) >= 11 is 0. The third-order valence-electron chi connectivity index (χ3n) is 3.42. The van der Waals surface area contributed by atoms with E-state index in [9.17, 15) is 18.3 Å². The first-order valence-corrected chi connectivity index (χ1v) is 4.13. The Kier molecular flexibility index (Phi) is 1.57. The predicted octanol–water partition coefficient (Wildman–Crippen LogP) is 1.68. The minimum absolute atomic E-state index is 0.0263. The van der Waals surface area contributed by atoms with Crippen molar-refractivity contribution in [2.24, 2.45) is 10.8 Å². The van der Waals surface area contributed by atoms with Crippen LogP contribution >= 0.6 is 0 Å². The predicted molar refractivity (Wildman–Crippen MR) is 37.8 cm³/mol. The van der Waals surface area contributed by atoms with Crippen molar-refractivity contribution in [2.45, 2.75) is 31.7 Å². The van der Waals surface area contributed by atoms with Crippen molar-refractivity contribution >= 4 is 0 Å². The average Bonchev–Trinajstić information content (AvgIpc) is 1.77. The maximum atomic E-state index is 12.3. The zero-order valence-corrected chi connectivity index (χ0v) is 7.19. The third kappa shape index (κ3) is 0.916. The molecule has 5 heteroatoms. The van der Waals surface area contributed by atoms with Gasteiger partial charge in [0.05, 0.1) is 5.41 Å². The molecule has 0 radical (unpaired) electrons. The van der Waals surface area contributed by atoms with Gasteiger partial charge < -0.3 is 9.84 Å². The van der Waals surface area contributed by atoms with Gasteiger partial charge in [-0.1, -0.05) is 0 Å². The molecule has 0 heterocycles. The molecule has 2 nitrogen and oxygen atoms in total. The van der Waals surface area contributed by atoms with Gasteiger partial charge in [0.2, 0.25) is 0 Å². The van der Waals surface area contributed by atoms with Crippen LogP contribution in [-0.4, -0.2) is 24.7 Å². The van der Waals surface area contributed by atoms with Gasteiger partial charge >= 0.3 is 6.18 Å². The number of methoxy groups -OCH3 is 1. The van der Waals surface area contributed by atoms with E-state index in [0.717, 1.165) is 0 Å². The van der Waals surface area contributed by atoms with Crippen LogP contribution in [0.2, 0.25) is 0 Å². The molecular formula is C8H11F3O2. The summed E-state index contributed by atoms with van der Waals surface area (Å²) in [7, 11) is 1.31. The molecule has 3 fully saturated rings. The second kappa shape index (κ2) is 2.20. The van der Waals surface area contributed by atoms with Crippen LogP contribution in [0.25, 0.3) is 0 Å². The number of hydrogen-bond donors (Lipinski definition) is 1. The Morgan fingerprint density at radius 3 is 2.08 bits per heavy atom. The van der Waals surface area contributed by atoms with E-state index in [1.54, 1.807) is 0 Å². The van der Waals surface area contributed by atoms with Crippen LogP contribution in [-0.2, 0) is 4.74 Å². The van der Waals surface area contributed by atoms with Crippen molar-refractivity contribution in [3.8, 4) is 0 Å². The Balaban J connectivity index is 2.00. The molecule has 0 aromatic carbocycles. The van der Waals surface area contributed by atoms with Crippen molar-refractivity contribution in [2.75, 3.05) is 7.11 Å². The smallest absolute Gasteiger partial charge is 0.367 e. The van der Waals surface area contributed by atoms with Crippen LogP contribution in [0.1, 0.15) is 19.3 Å². The van der Waals surface area contributed by atoms with Gasteiger partial charge in [-0.15, -0.1) is 0 Å². The maximum Gasteiger partial charge on any atom is 0.394 e. The normalized spacial score (nSPS) is 45.0. The van der Waals surface area contributed by atoms with Crippen molar-refractivity contribution in [1.29, 1.82) is 0 Å². The molecule has 76 valence electrons. The number of halogens is 3. The van der Waals surface area contributed by atoms with E-state index >= 15 is 0 Å². The van der Waals surface area contributed by atoms with E-state index in [1.165, 1.54) is 7.11 Å². The van der Waals surface area contributed by atoms with Gasteiger partial charge in [0.15, 0.2) is 6.29 Å². The molecule has 3 saturated carbocycles. The van der Waals surface area contributed by atoms with Gasteiger partial charge in [0, 0.05) is 12.5 Å². The topological polar surface area (TPSA) is 29.5 Å². The highest BCUT2D eigenvalue weighted by Crippen LogP contribution is 2.79. The molecule has 1 unspecified atom stereocenters. The zero-order chi connectivity index (χ0) is 9.91. The van der Waals surface area contributed by atoms with Crippen LogP contribution in [0, 0.1) is 10.8 Å². The van der Waals surface area contributed by atoms with E-state index in [0.29, 0.717) is 0 Å². The lowest BCUT2D eigenvalue weighted by Gasteiger charge is -2.71. The molecule has 0 aromatic heterocycles. The highest BCUT2D eigenvalue weighted by atomic mass is 19.4. The Bertz CT molecular complexity index is 216. The first-order chi connectivity index (χ1) is 5.85. The molecule has 0 saturated heterocycles. The quantitative estimate of drug-likeness (QED) is 0.681. The van der Waals surface area contributed by atoms with Gasteiger partial charge in [0.25, 0.3) is 0 Å². The highest BCUT2D eigenvalue weighted by molar-refractivity contribution is 5.20. The molecule has 0 aromatic rings. The standard InChI is InChI=1S/C8H11F3O2/c1-13-5(12)6-2-7(3-6,4-6)8(9,10)11/h5,12H,2-4H2,1H3. The van der Waals surface area contributed by atoms with Crippen LogP contribution in [0.15, 0.2) is 0 Å². The minimum Gasteiger partial charge on any atom is -0.367 e. The van der Waals surface area contributed by atoms with Crippen LogP contribution < -0.4 is 0 Å². The minimum atomic E-state index is -4.11. The number of hydrogen-bond acceptors (Lipinski definition) is 2. The fourth-order valence-electron chi connectivity index (χ4n) is 2.68. The summed E-state index contributed by atoms with van der Waals surface area (Å²) in [5, 5.41) is 9.27. The maximum absolute atomic E-state index is 12.3. The fraction of sp³-hybridized carbons (Fsp3) is 1.00. The third-order valence-corrected chi connectivity index (χ3v) is 3.42. The SMILES string of the molecule is COC(O)C12CC(C(F)(F)F)(C1)C2. The summed E-state index contributed by atoms with van der Waals surface area (Å²) in [5.74, 6) is 0. The molecule has 1 atom stereocenters. The Hall–Kier alpha value is -0.290. The number of aliphatic hydroxyl groups excluding tert-OH is 1. The summed E-state index contributed by atoms with van der Waals surface area (Å²) in [6.07, 6.45) is -5.06. The van der Waals surface area contributed by atoms with Crippen LogP contribution in [0.3, 0.4) is 0 Å². The summed E-state index contributed by atoms with van der Waals surface area (Å²) in [6, 6.07) is 0. The second-order valence-electron chi connectivity index (χ2n) is 4.26. The van der Waals surface area contributed by atoms with E-state index in [2.05, 4.69) is 4.74 Å². The summed E-state index contributed by atoms with van der Waals surface area (Å²) in [5.41, 5.74) is -2.09. The monoisotopic (exact) mass is 196 g/mol. The van der Waals surface area contributed by atoms with E-state index in [-0.39, 0.29) is 19.3 Å². The zero-order valence-electron chi connectivity index (χ0n) is 7.19. The molecule has 0 amide bonds. The van der Waals surface area contributed by atoms with Crippen molar-refractivity contribution in [3.05, 3.63) is 0 Å². The van der Waals surface area contributed by atoms with E-state index in [1.807, 2.05) is 0 Å². The highest BCUT2D eigenvalue weighted by Gasteiger charge is 2.80. The summed E-state index contributed by atoms with van der Waals surface area (Å²) < 4.78 is 41.7. The van der Waals surface area contributed by atoms with E-state index < -0.39 is 23.3 Å². The van der Waals surface area contributed by atoms with Crippen molar-refractivity contribution in [1.82, 2.24) is 0 Å². The van der Waals surface area contributed by atoms with Gasteiger partial charge in [0.1, 0.15) is 0 Å². The fourth-order valence-corrected chi connectivity index (χ4v) is 2.68. The molecule has 3 aliphatic rings. The summed E-state index contributed by atoms with van der Waals surface area (Å²) in [4.78, 5) is 0. The van der Waals surface area contributed by atoms with Crippen LogP contribution in [0.4, 0.5) is 13.2 Å². The van der Waals surface area contributed by atoms with Crippen molar-refractivity contribution in [3.63, 3.8) is 0 Å². The first-order valence-electron chi connectivity index (χ1n) is 4.13. The molecule has 2 bridgehead atoms. The first kappa shape index (κ1) is 9.27. The second-order valence-corrected chi connectivity index (χ2v) is 4.26. The molecule has 0 spiro atoms. The number of rotatable bonds is 2. The van der Waals surface area contributed by atoms with E-state index in [4.69, 9.17) is 0 Å². The number of aliphatic hydroxyl groups is 1. The van der Waals surface area contributed by atoms with Crippen molar-refractivity contribution < 1.29 is 23.0 Å². The largest absolute Gasteiger partial charge is 0.394 e. The molecular weight excluding hydrogens is 185 g/mol. The molecule has 1 N–H and O–H groups in total. The molecule has 3 rings (SSSR count). The van der Waals surface area contributed by atoms with Crippen LogP contribution in [0.5, 0.6) is 0 Å². The van der Waals surface area contributed by atoms with Gasteiger partial charge in [-0.05, 0) is 19.3 Å². The molecule has 0 aliphatic heterocycles. The Labute approximate surface area is 73.7 Å². The van der Waals surface area contributed by atoms with Gasteiger partial charge in [-0.3, -0.25) is 0 Å². The van der Waals surface area contributed by atoms with Gasteiger partial charge in [-0.25, -0.2) is 0 Å². The molecule has 13 heavy (non-hydrogen) atoms. The summed E-state index contributed by atoms with van der Waals surface area (Å²) in [6.45, 7) is 0. The lowest BCUT2D eigenvalue weighted by Crippen LogP contribution is -2.72. The molecule has 3 aliphatic carbocycles. The lowest BCUT2D eigenvalue weighted by molar-refractivity contribution is -0.404. The lowest BCUT2D eigenvalue weighted by atomic mass is 9.34. The average molecular weight is 196 g/mol. The van der Waals surface area contributed by atoms with Gasteiger partial charge in [-0.2, -0.15) is 13.2 Å².